The Morgan fingerprint density at radius 3 is 2.39 bits per heavy atom. The van der Waals surface area contributed by atoms with Gasteiger partial charge in [0.2, 0.25) is 0 Å². The van der Waals surface area contributed by atoms with E-state index in [2.05, 4.69) is 9.97 Å². The lowest BCUT2D eigenvalue weighted by molar-refractivity contribution is 0.0698. The third-order valence-electron chi connectivity index (χ3n) is 2.56. The highest BCUT2D eigenvalue weighted by atomic mass is 16.4. The van der Waals surface area contributed by atoms with Gasteiger partial charge in [0.25, 0.3) is 0 Å². The minimum Gasteiger partial charge on any atom is -0.478 e. The first-order valence-electron chi connectivity index (χ1n) is 5.41. The van der Waals surface area contributed by atoms with E-state index in [-0.39, 0.29) is 5.56 Å². The van der Waals surface area contributed by atoms with Crippen LogP contribution >= 0.6 is 0 Å². The van der Waals surface area contributed by atoms with Gasteiger partial charge in [-0.1, -0.05) is 0 Å². The maximum Gasteiger partial charge on any atom is 0.340 e. The predicted octanol–water partition coefficient (Wildman–Crippen LogP) is 1.91. The fourth-order valence-corrected chi connectivity index (χ4v) is 1.77. The van der Waals surface area contributed by atoms with Crippen molar-refractivity contribution in [1.82, 2.24) is 9.97 Å². The van der Waals surface area contributed by atoms with Gasteiger partial charge < -0.3 is 10.0 Å². The summed E-state index contributed by atoms with van der Waals surface area (Å²) in [6.45, 7) is 0. The first-order valence-corrected chi connectivity index (χ1v) is 5.41. The van der Waals surface area contributed by atoms with Crippen LogP contribution in [0.2, 0.25) is 0 Å². The Balaban J connectivity index is 2.68. The minimum atomic E-state index is -0.987. The molecule has 0 aliphatic carbocycles. The first kappa shape index (κ1) is 12.0. The number of pyridine rings is 2. The lowest BCUT2D eigenvalue weighted by Crippen LogP contribution is -2.16. The summed E-state index contributed by atoms with van der Waals surface area (Å²) in [6, 6.07) is 5.26. The summed E-state index contributed by atoms with van der Waals surface area (Å²) < 4.78 is 0. The summed E-state index contributed by atoms with van der Waals surface area (Å²) in [5.41, 5.74) is 1.66. The average molecular weight is 243 g/mol. The van der Waals surface area contributed by atoms with Crippen molar-refractivity contribution < 1.29 is 9.90 Å². The van der Waals surface area contributed by atoms with E-state index in [4.69, 9.17) is 0 Å². The maximum absolute atomic E-state index is 11.4. The third-order valence-corrected chi connectivity index (χ3v) is 2.56. The third kappa shape index (κ3) is 2.15. The van der Waals surface area contributed by atoms with Gasteiger partial charge in [0, 0.05) is 38.2 Å². The van der Waals surface area contributed by atoms with Crippen LogP contribution in [0.4, 0.5) is 5.82 Å². The maximum atomic E-state index is 11.4. The Kier molecular flexibility index (Phi) is 3.23. The molecule has 0 amide bonds. The van der Waals surface area contributed by atoms with Gasteiger partial charge in [-0.3, -0.25) is 4.98 Å². The van der Waals surface area contributed by atoms with E-state index < -0.39 is 5.97 Å². The highest BCUT2D eigenvalue weighted by Crippen LogP contribution is 2.28. The first-order chi connectivity index (χ1) is 8.61. The summed E-state index contributed by atoms with van der Waals surface area (Å²) in [5, 5.41) is 9.37. The van der Waals surface area contributed by atoms with Crippen molar-refractivity contribution in [2.75, 3.05) is 19.0 Å². The molecule has 2 rings (SSSR count). The molecule has 18 heavy (non-hydrogen) atoms. The molecule has 2 heterocycles. The number of aromatic carboxylic acids is 1. The normalized spacial score (nSPS) is 10.1. The van der Waals surface area contributed by atoms with Gasteiger partial charge in [-0.15, -0.1) is 0 Å². The van der Waals surface area contributed by atoms with Crippen LogP contribution in [0.1, 0.15) is 10.4 Å². The van der Waals surface area contributed by atoms with Crippen molar-refractivity contribution >= 4 is 11.8 Å². The fraction of sp³-hybridized carbons (Fsp3) is 0.154. The van der Waals surface area contributed by atoms with E-state index in [1.165, 1.54) is 0 Å². The van der Waals surface area contributed by atoms with Crippen molar-refractivity contribution in [1.29, 1.82) is 0 Å². The number of carbonyl (C=O) groups is 1. The second kappa shape index (κ2) is 4.83. The quantitative estimate of drug-likeness (QED) is 0.891. The van der Waals surface area contributed by atoms with E-state index in [1.54, 1.807) is 55.8 Å². The molecule has 92 valence electrons. The zero-order valence-electron chi connectivity index (χ0n) is 10.2. The van der Waals surface area contributed by atoms with Gasteiger partial charge in [0.15, 0.2) is 0 Å². The minimum absolute atomic E-state index is 0.203. The largest absolute Gasteiger partial charge is 0.478 e. The van der Waals surface area contributed by atoms with E-state index in [0.29, 0.717) is 11.4 Å². The Labute approximate surface area is 105 Å². The second-order valence-electron chi connectivity index (χ2n) is 3.99. The lowest BCUT2D eigenvalue weighted by Gasteiger charge is -2.16. The smallest absolute Gasteiger partial charge is 0.340 e. The number of rotatable bonds is 3. The summed E-state index contributed by atoms with van der Waals surface area (Å²) in [5.74, 6) is -0.546. The molecule has 0 fully saturated rings. The van der Waals surface area contributed by atoms with Gasteiger partial charge in [0.1, 0.15) is 11.4 Å². The van der Waals surface area contributed by atoms with E-state index in [0.717, 1.165) is 5.56 Å². The molecule has 0 radical (unpaired) electrons. The number of carboxylic acids is 1. The number of aromatic nitrogens is 2. The summed E-state index contributed by atoms with van der Waals surface area (Å²) in [7, 11) is 3.54. The number of carboxylic acid groups (broad SMARTS) is 1. The van der Waals surface area contributed by atoms with E-state index in [9.17, 15) is 9.90 Å². The standard InChI is InChI=1S/C13H13N3O2/c1-16(2)12-11(13(17)18)10(5-8-15-12)9-3-6-14-7-4-9/h3-8H,1-2H3,(H,17,18). The average Bonchev–Trinajstić information content (AvgIpc) is 2.38. The topological polar surface area (TPSA) is 66.3 Å². The molecule has 0 atom stereocenters. The fourth-order valence-electron chi connectivity index (χ4n) is 1.77. The molecule has 0 aromatic carbocycles. The molecule has 0 unspecified atom stereocenters. The Morgan fingerprint density at radius 1 is 1.17 bits per heavy atom. The second-order valence-corrected chi connectivity index (χ2v) is 3.99. The summed E-state index contributed by atoms with van der Waals surface area (Å²) >= 11 is 0. The highest BCUT2D eigenvalue weighted by Gasteiger charge is 2.18. The van der Waals surface area contributed by atoms with Crippen LogP contribution in [0.25, 0.3) is 11.1 Å². The van der Waals surface area contributed by atoms with Crippen molar-refractivity contribution in [3.05, 3.63) is 42.4 Å². The van der Waals surface area contributed by atoms with Gasteiger partial charge in [-0.2, -0.15) is 0 Å². The molecule has 1 N–H and O–H groups in total. The van der Waals surface area contributed by atoms with Gasteiger partial charge in [0.05, 0.1) is 0 Å². The molecular formula is C13H13N3O2. The number of hydrogen-bond donors (Lipinski definition) is 1. The van der Waals surface area contributed by atoms with Crippen LogP contribution in [0.3, 0.4) is 0 Å². The van der Waals surface area contributed by atoms with Crippen LogP contribution < -0.4 is 4.90 Å². The number of nitrogens with zero attached hydrogens (tertiary/aromatic N) is 3. The summed E-state index contributed by atoms with van der Waals surface area (Å²) in [6.07, 6.45) is 4.88. The SMILES string of the molecule is CN(C)c1nccc(-c2ccncc2)c1C(=O)O. The molecule has 0 aliphatic rings. The molecule has 2 aromatic rings. The lowest BCUT2D eigenvalue weighted by atomic mass is 10.0. The Morgan fingerprint density at radius 2 is 1.83 bits per heavy atom. The molecule has 0 saturated heterocycles. The van der Waals surface area contributed by atoms with Crippen LogP contribution in [-0.2, 0) is 0 Å². The monoisotopic (exact) mass is 243 g/mol. The van der Waals surface area contributed by atoms with Crippen molar-refractivity contribution in [2.45, 2.75) is 0 Å². The van der Waals surface area contributed by atoms with E-state index >= 15 is 0 Å². The van der Waals surface area contributed by atoms with E-state index in [1.807, 2.05) is 0 Å². The van der Waals surface area contributed by atoms with Gasteiger partial charge in [-0.25, -0.2) is 9.78 Å². The molecule has 0 bridgehead atoms. The van der Waals surface area contributed by atoms with Gasteiger partial charge in [-0.05, 0) is 23.8 Å². The summed E-state index contributed by atoms with van der Waals surface area (Å²) in [4.78, 5) is 21.2. The molecule has 5 heteroatoms. The van der Waals surface area contributed by atoms with Crippen LogP contribution in [-0.4, -0.2) is 35.1 Å². The van der Waals surface area contributed by atoms with Gasteiger partial charge >= 0.3 is 5.97 Å². The predicted molar refractivity (Wildman–Crippen MR) is 68.8 cm³/mol. The Hall–Kier alpha value is -2.43. The van der Waals surface area contributed by atoms with Crippen molar-refractivity contribution in [3.8, 4) is 11.1 Å². The molecule has 0 aliphatic heterocycles. The molecule has 2 aromatic heterocycles. The van der Waals surface area contributed by atoms with Crippen LogP contribution in [0, 0.1) is 0 Å². The number of anilines is 1. The zero-order valence-corrected chi connectivity index (χ0v) is 10.2. The molecule has 0 saturated carbocycles. The molecular weight excluding hydrogens is 230 g/mol. The molecule has 5 nitrogen and oxygen atoms in total. The Bertz CT molecular complexity index is 568. The van der Waals surface area contributed by atoms with Crippen molar-refractivity contribution in [2.24, 2.45) is 0 Å². The van der Waals surface area contributed by atoms with Crippen LogP contribution in [0.15, 0.2) is 36.8 Å². The number of hydrogen-bond acceptors (Lipinski definition) is 4. The molecule has 0 spiro atoms. The van der Waals surface area contributed by atoms with Crippen LogP contribution in [0.5, 0.6) is 0 Å². The highest BCUT2D eigenvalue weighted by molar-refractivity contribution is 6.00. The zero-order chi connectivity index (χ0) is 13.1. The van der Waals surface area contributed by atoms with Crippen molar-refractivity contribution in [3.63, 3.8) is 0 Å².